The van der Waals surface area contributed by atoms with E-state index in [1.807, 2.05) is 24.3 Å². The lowest BCUT2D eigenvalue weighted by atomic mass is 9.68. The van der Waals surface area contributed by atoms with Gasteiger partial charge in [0.2, 0.25) is 0 Å². The summed E-state index contributed by atoms with van der Waals surface area (Å²) in [7, 11) is 0. The molecule has 0 spiro atoms. The van der Waals surface area contributed by atoms with E-state index in [-0.39, 0.29) is 11.7 Å². The van der Waals surface area contributed by atoms with Gasteiger partial charge in [0.1, 0.15) is 0 Å². The SMILES string of the molecule is CC1CC(=O)C2=C(CC(N)=C(C#N)C2c2c3ccccc3cc3ccccc23)C1. The standard InChI is InChI=1S/C26H22N2O/c1-15-10-18-13-22(28)21(14-27)26(24(18)23(29)11-15)25-19-8-4-2-6-16(19)12-17-7-3-5-9-20(17)25/h2-9,12,15,26H,10-11,13,28H2,1H3. The quantitative estimate of drug-likeness (QED) is 0.568. The summed E-state index contributed by atoms with van der Waals surface area (Å²) in [6, 6.07) is 21.0. The second kappa shape index (κ2) is 6.60. The van der Waals surface area contributed by atoms with E-state index in [0.717, 1.165) is 44.7 Å². The molecule has 29 heavy (non-hydrogen) atoms. The molecule has 142 valence electrons. The number of hydrogen-bond acceptors (Lipinski definition) is 3. The summed E-state index contributed by atoms with van der Waals surface area (Å²) >= 11 is 0. The highest BCUT2D eigenvalue weighted by atomic mass is 16.1. The molecule has 0 aromatic heterocycles. The van der Waals surface area contributed by atoms with Crippen LogP contribution in [0.15, 0.2) is 77.0 Å². The van der Waals surface area contributed by atoms with Crippen LogP contribution in [0.5, 0.6) is 0 Å². The zero-order valence-electron chi connectivity index (χ0n) is 16.4. The van der Waals surface area contributed by atoms with Gasteiger partial charge in [-0.15, -0.1) is 0 Å². The maximum Gasteiger partial charge on any atom is 0.160 e. The van der Waals surface area contributed by atoms with Gasteiger partial charge in [0.15, 0.2) is 5.78 Å². The summed E-state index contributed by atoms with van der Waals surface area (Å²) < 4.78 is 0. The van der Waals surface area contributed by atoms with Gasteiger partial charge in [-0.05, 0) is 45.5 Å². The van der Waals surface area contributed by atoms with Crippen molar-refractivity contribution in [2.75, 3.05) is 0 Å². The number of allylic oxidation sites excluding steroid dienone is 3. The first-order valence-electron chi connectivity index (χ1n) is 10.1. The van der Waals surface area contributed by atoms with Crippen LogP contribution in [0.1, 0.15) is 37.7 Å². The van der Waals surface area contributed by atoms with Gasteiger partial charge in [-0.25, -0.2) is 0 Å². The first-order chi connectivity index (χ1) is 14.1. The maximum absolute atomic E-state index is 13.2. The minimum atomic E-state index is -0.389. The second-order valence-electron chi connectivity index (χ2n) is 8.35. The molecule has 0 aliphatic heterocycles. The molecule has 0 saturated carbocycles. The lowest BCUT2D eigenvalue weighted by molar-refractivity contribution is -0.117. The second-order valence-corrected chi connectivity index (χ2v) is 8.35. The number of nitrogens with two attached hydrogens (primary N) is 1. The minimum absolute atomic E-state index is 0.168. The van der Waals surface area contributed by atoms with Crippen molar-refractivity contribution in [3.63, 3.8) is 0 Å². The Morgan fingerprint density at radius 3 is 2.24 bits per heavy atom. The third-order valence-corrected chi connectivity index (χ3v) is 6.36. The molecule has 3 aromatic rings. The Morgan fingerprint density at radius 2 is 1.62 bits per heavy atom. The van der Waals surface area contributed by atoms with E-state index in [2.05, 4.69) is 43.3 Å². The Balaban J connectivity index is 1.91. The van der Waals surface area contributed by atoms with Crippen molar-refractivity contribution in [3.8, 4) is 6.07 Å². The van der Waals surface area contributed by atoms with Gasteiger partial charge in [0.05, 0.1) is 17.6 Å². The van der Waals surface area contributed by atoms with Crippen LogP contribution in [0, 0.1) is 17.2 Å². The van der Waals surface area contributed by atoms with Gasteiger partial charge in [-0.3, -0.25) is 4.79 Å². The van der Waals surface area contributed by atoms with Crippen LogP contribution in [0.2, 0.25) is 0 Å². The first kappa shape index (κ1) is 17.7. The summed E-state index contributed by atoms with van der Waals surface area (Å²) in [6.45, 7) is 2.11. The molecule has 2 aliphatic carbocycles. The number of nitriles is 1. The topological polar surface area (TPSA) is 66.9 Å². The summed E-state index contributed by atoms with van der Waals surface area (Å²) in [4.78, 5) is 13.2. The number of nitrogens with zero attached hydrogens (tertiary/aromatic N) is 1. The van der Waals surface area contributed by atoms with Crippen LogP contribution < -0.4 is 5.73 Å². The van der Waals surface area contributed by atoms with Crippen LogP contribution in [0.4, 0.5) is 0 Å². The number of ketones is 1. The zero-order valence-corrected chi connectivity index (χ0v) is 16.4. The van der Waals surface area contributed by atoms with E-state index in [9.17, 15) is 10.1 Å². The van der Waals surface area contributed by atoms with E-state index in [4.69, 9.17) is 5.73 Å². The normalized spacial score (nSPS) is 22.1. The number of hydrogen-bond donors (Lipinski definition) is 1. The molecule has 0 heterocycles. The number of carbonyl (C=O) groups excluding carboxylic acids is 1. The number of carbonyl (C=O) groups is 1. The van der Waals surface area contributed by atoms with Crippen molar-refractivity contribution in [1.29, 1.82) is 5.26 Å². The summed E-state index contributed by atoms with van der Waals surface area (Å²) in [5.41, 5.74) is 10.5. The molecule has 2 N–H and O–H groups in total. The molecule has 0 amide bonds. The Kier molecular flexibility index (Phi) is 4.03. The predicted octanol–water partition coefficient (Wildman–Crippen LogP) is 5.51. The van der Waals surface area contributed by atoms with E-state index < -0.39 is 0 Å². The third-order valence-electron chi connectivity index (χ3n) is 6.36. The smallest absolute Gasteiger partial charge is 0.160 e. The highest BCUT2D eigenvalue weighted by Gasteiger charge is 2.39. The fraction of sp³-hybridized carbons (Fsp3) is 0.231. The van der Waals surface area contributed by atoms with E-state index in [1.165, 1.54) is 0 Å². The Morgan fingerprint density at radius 1 is 1.00 bits per heavy atom. The minimum Gasteiger partial charge on any atom is -0.401 e. The number of rotatable bonds is 1. The van der Waals surface area contributed by atoms with Gasteiger partial charge in [0.25, 0.3) is 0 Å². The predicted molar refractivity (Wildman–Crippen MR) is 116 cm³/mol. The largest absolute Gasteiger partial charge is 0.401 e. The first-order valence-corrected chi connectivity index (χ1v) is 10.1. The molecule has 0 bridgehead atoms. The zero-order chi connectivity index (χ0) is 20.1. The van der Waals surface area contributed by atoms with Crippen LogP contribution in [-0.4, -0.2) is 5.78 Å². The highest BCUT2D eigenvalue weighted by molar-refractivity contribution is 6.07. The van der Waals surface area contributed by atoms with Crippen LogP contribution >= 0.6 is 0 Å². The van der Waals surface area contributed by atoms with Crippen molar-refractivity contribution in [2.24, 2.45) is 11.7 Å². The van der Waals surface area contributed by atoms with Crippen molar-refractivity contribution >= 4 is 27.3 Å². The Hall–Kier alpha value is -3.38. The molecule has 3 heteroatoms. The lowest BCUT2D eigenvalue weighted by Gasteiger charge is -2.34. The third kappa shape index (κ3) is 2.68. The van der Waals surface area contributed by atoms with Gasteiger partial charge < -0.3 is 5.73 Å². The highest BCUT2D eigenvalue weighted by Crippen LogP contribution is 2.49. The van der Waals surface area contributed by atoms with E-state index >= 15 is 0 Å². The number of fused-ring (bicyclic) bond motifs is 2. The average molecular weight is 378 g/mol. The molecule has 2 unspecified atom stereocenters. The molecule has 3 nitrogen and oxygen atoms in total. The van der Waals surface area contributed by atoms with Crippen molar-refractivity contribution < 1.29 is 4.79 Å². The van der Waals surface area contributed by atoms with Crippen molar-refractivity contribution in [3.05, 3.63) is 82.6 Å². The molecule has 2 atom stereocenters. The molecule has 2 aliphatic rings. The maximum atomic E-state index is 13.2. The number of benzene rings is 3. The monoisotopic (exact) mass is 378 g/mol. The van der Waals surface area contributed by atoms with Crippen LogP contribution in [0.25, 0.3) is 21.5 Å². The van der Waals surface area contributed by atoms with Gasteiger partial charge in [-0.1, -0.05) is 61.0 Å². The van der Waals surface area contributed by atoms with Crippen molar-refractivity contribution in [1.82, 2.24) is 0 Å². The molecular weight excluding hydrogens is 356 g/mol. The van der Waals surface area contributed by atoms with Gasteiger partial charge in [0, 0.05) is 24.1 Å². The Bertz CT molecular complexity index is 1240. The van der Waals surface area contributed by atoms with Gasteiger partial charge in [-0.2, -0.15) is 5.26 Å². The molecule has 3 aromatic carbocycles. The summed E-state index contributed by atoms with van der Waals surface area (Å²) in [6.07, 6.45) is 1.95. The van der Waals surface area contributed by atoms with E-state index in [1.54, 1.807) is 0 Å². The fourth-order valence-electron chi connectivity index (χ4n) is 5.20. The number of Topliss-reactive ketones (excluding diaryl/α,β-unsaturated/α-hetero) is 1. The lowest BCUT2D eigenvalue weighted by Crippen LogP contribution is -2.28. The van der Waals surface area contributed by atoms with Gasteiger partial charge >= 0.3 is 0 Å². The van der Waals surface area contributed by atoms with Crippen LogP contribution in [-0.2, 0) is 4.79 Å². The average Bonchev–Trinajstić information content (AvgIpc) is 2.71. The summed E-state index contributed by atoms with van der Waals surface area (Å²) in [5, 5.41) is 14.4. The van der Waals surface area contributed by atoms with E-state index in [0.29, 0.717) is 30.0 Å². The molecule has 0 radical (unpaired) electrons. The Labute approximate surface area is 170 Å². The molecular formula is C26H22N2O. The summed E-state index contributed by atoms with van der Waals surface area (Å²) in [5.74, 6) is 0.100. The molecule has 0 saturated heterocycles. The molecule has 5 rings (SSSR count). The van der Waals surface area contributed by atoms with Crippen LogP contribution in [0.3, 0.4) is 0 Å². The molecule has 0 fully saturated rings. The fourth-order valence-corrected chi connectivity index (χ4v) is 5.20. The van der Waals surface area contributed by atoms with Crippen molar-refractivity contribution in [2.45, 2.75) is 32.1 Å².